The van der Waals surface area contributed by atoms with Gasteiger partial charge in [0.05, 0.1) is 0 Å². The molecular weight excluding hydrogens is 264 g/mol. The predicted molar refractivity (Wildman–Crippen MR) is 82.7 cm³/mol. The van der Waals surface area contributed by atoms with Crippen molar-refractivity contribution in [1.82, 2.24) is 10.2 Å². The van der Waals surface area contributed by atoms with Gasteiger partial charge in [-0.15, -0.1) is 0 Å². The summed E-state index contributed by atoms with van der Waals surface area (Å²) in [5, 5.41) is 2.86. The Morgan fingerprint density at radius 1 is 1.19 bits per heavy atom. The van der Waals surface area contributed by atoms with Crippen LogP contribution in [0.4, 0.5) is 0 Å². The summed E-state index contributed by atoms with van der Waals surface area (Å²) in [6.45, 7) is 8.11. The zero-order valence-electron chi connectivity index (χ0n) is 13.3. The van der Waals surface area contributed by atoms with Gasteiger partial charge in [-0.1, -0.05) is 38.1 Å². The lowest BCUT2D eigenvalue weighted by Gasteiger charge is -2.43. The van der Waals surface area contributed by atoms with Crippen LogP contribution in [0.1, 0.15) is 45.2 Å². The molecule has 2 unspecified atom stereocenters. The fourth-order valence-corrected chi connectivity index (χ4v) is 2.75. The molecule has 1 aliphatic rings. The van der Waals surface area contributed by atoms with E-state index in [2.05, 4.69) is 18.3 Å². The van der Waals surface area contributed by atoms with Gasteiger partial charge in [0.1, 0.15) is 11.6 Å². The van der Waals surface area contributed by atoms with Gasteiger partial charge in [-0.05, 0) is 37.8 Å². The quantitative estimate of drug-likeness (QED) is 0.924. The van der Waals surface area contributed by atoms with Crippen molar-refractivity contribution in [3.63, 3.8) is 0 Å². The highest BCUT2D eigenvalue weighted by atomic mass is 16.2. The van der Waals surface area contributed by atoms with Gasteiger partial charge in [-0.2, -0.15) is 0 Å². The third-order valence-electron chi connectivity index (χ3n) is 4.53. The van der Waals surface area contributed by atoms with Crippen molar-refractivity contribution in [3.8, 4) is 0 Å². The van der Waals surface area contributed by atoms with Crippen LogP contribution < -0.4 is 5.32 Å². The second-order valence-electron chi connectivity index (χ2n) is 5.91. The van der Waals surface area contributed by atoms with Gasteiger partial charge in [-0.3, -0.25) is 9.59 Å². The van der Waals surface area contributed by atoms with Crippen molar-refractivity contribution < 1.29 is 9.59 Å². The van der Waals surface area contributed by atoms with Crippen LogP contribution >= 0.6 is 0 Å². The number of nitrogens with zero attached hydrogens (tertiary/aromatic N) is 1. The van der Waals surface area contributed by atoms with Gasteiger partial charge >= 0.3 is 0 Å². The molecule has 0 spiro atoms. The number of rotatable bonds is 4. The maximum Gasteiger partial charge on any atom is 0.248 e. The summed E-state index contributed by atoms with van der Waals surface area (Å²) in [5.41, 5.74) is 1.56. The average molecular weight is 288 g/mol. The first-order valence-corrected chi connectivity index (χ1v) is 7.62. The maximum absolute atomic E-state index is 12.7. The summed E-state index contributed by atoms with van der Waals surface area (Å²) in [6.07, 6.45) is 1.51. The lowest BCUT2D eigenvalue weighted by molar-refractivity contribution is -0.154. The molecule has 4 nitrogen and oxygen atoms in total. The van der Waals surface area contributed by atoms with E-state index in [0.717, 1.165) is 12.0 Å². The van der Waals surface area contributed by atoms with Crippen molar-refractivity contribution in [3.05, 3.63) is 35.4 Å². The highest BCUT2D eigenvalue weighted by molar-refractivity contribution is 5.99. The van der Waals surface area contributed by atoms with E-state index in [4.69, 9.17) is 0 Å². The third kappa shape index (κ3) is 2.80. The van der Waals surface area contributed by atoms with Crippen molar-refractivity contribution in [2.24, 2.45) is 0 Å². The molecule has 1 saturated heterocycles. The van der Waals surface area contributed by atoms with E-state index in [0.29, 0.717) is 13.0 Å². The number of nitrogens with one attached hydrogen (secondary N) is 1. The van der Waals surface area contributed by atoms with Gasteiger partial charge in [0.2, 0.25) is 11.8 Å². The highest BCUT2D eigenvalue weighted by Crippen LogP contribution is 2.24. The number of hydrogen-bond acceptors (Lipinski definition) is 2. The number of aryl methyl sites for hydroxylation is 1. The molecule has 1 aliphatic heterocycles. The standard InChI is InChI=1S/C17H24N2O2/c1-5-13-9-7-8-10-14(13)11-19-12(3)15(20)18-17(4,6-2)16(19)21/h7-10,12H,5-6,11H2,1-4H3,(H,18,20). The molecule has 21 heavy (non-hydrogen) atoms. The summed E-state index contributed by atoms with van der Waals surface area (Å²) in [4.78, 5) is 26.6. The molecule has 1 N–H and O–H groups in total. The second kappa shape index (κ2) is 5.88. The Morgan fingerprint density at radius 2 is 1.81 bits per heavy atom. The first kappa shape index (κ1) is 15.5. The van der Waals surface area contributed by atoms with E-state index in [-0.39, 0.29) is 11.8 Å². The van der Waals surface area contributed by atoms with Crippen molar-refractivity contribution in [1.29, 1.82) is 0 Å². The largest absolute Gasteiger partial charge is 0.340 e. The van der Waals surface area contributed by atoms with Gasteiger partial charge in [-0.25, -0.2) is 0 Å². The van der Waals surface area contributed by atoms with Crippen molar-refractivity contribution in [2.75, 3.05) is 0 Å². The Morgan fingerprint density at radius 3 is 2.38 bits per heavy atom. The van der Waals surface area contributed by atoms with E-state index in [9.17, 15) is 9.59 Å². The molecule has 1 fully saturated rings. The molecular formula is C17H24N2O2. The van der Waals surface area contributed by atoms with Gasteiger partial charge in [0, 0.05) is 6.54 Å². The number of amides is 2. The topological polar surface area (TPSA) is 49.4 Å². The molecule has 0 aromatic heterocycles. The number of carbonyl (C=O) groups is 2. The zero-order chi connectivity index (χ0) is 15.6. The molecule has 1 aromatic rings. The van der Waals surface area contributed by atoms with Crippen LogP contribution in [0.25, 0.3) is 0 Å². The Balaban J connectivity index is 2.32. The van der Waals surface area contributed by atoms with Crippen LogP contribution in [0.15, 0.2) is 24.3 Å². The molecule has 0 saturated carbocycles. The lowest BCUT2D eigenvalue weighted by atomic mass is 9.91. The normalized spacial score (nSPS) is 25.9. The maximum atomic E-state index is 12.7. The lowest BCUT2D eigenvalue weighted by Crippen LogP contribution is -2.68. The highest BCUT2D eigenvalue weighted by Gasteiger charge is 2.45. The summed E-state index contributed by atoms with van der Waals surface area (Å²) < 4.78 is 0. The average Bonchev–Trinajstić information content (AvgIpc) is 2.50. The Bertz CT molecular complexity index is 555. The summed E-state index contributed by atoms with van der Waals surface area (Å²) in [6, 6.07) is 7.67. The van der Waals surface area contributed by atoms with E-state index in [1.54, 1.807) is 18.7 Å². The second-order valence-corrected chi connectivity index (χ2v) is 5.91. The SMILES string of the molecule is CCc1ccccc1CN1C(=O)C(C)(CC)NC(=O)C1C. The molecule has 114 valence electrons. The van der Waals surface area contributed by atoms with E-state index in [1.165, 1.54) is 5.56 Å². The van der Waals surface area contributed by atoms with Crippen molar-refractivity contribution >= 4 is 11.8 Å². The number of hydrogen-bond donors (Lipinski definition) is 1. The minimum absolute atomic E-state index is 0.00278. The van der Waals surface area contributed by atoms with Crippen molar-refractivity contribution in [2.45, 2.75) is 58.7 Å². The molecule has 0 radical (unpaired) electrons. The van der Waals surface area contributed by atoms with Crippen LogP contribution in [-0.4, -0.2) is 28.3 Å². The van der Waals surface area contributed by atoms with E-state index in [1.807, 2.05) is 25.1 Å². The fourth-order valence-electron chi connectivity index (χ4n) is 2.75. The molecule has 2 amide bonds. The van der Waals surface area contributed by atoms with Crippen LogP contribution in [0.3, 0.4) is 0 Å². The summed E-state index contributed by atoms with van der Waals surface area (Å²) >= 11 is 0. The summed E-state index contributed by atoms with van der Waals surface area (Å²) in [7, 11) is 0. The van der Waals surface area contributed by atoms with E-state index >= 15 is 0 Å². The number of benzene rings is 1. The molecule has 1 aromatic carbocycles. The Kier molecular flexibility index (Phi) is 4.35. The smallest absolute Gasteiger partial charge is 0.248 e. The minimum atomic E-state index is -0.787. The minimum Gasteiger partial charge on any atom is -0.340 e. The summed E-state index contributed by atoms with van der Waals surface area (Å²) in [5.74, 6) is -0.0732. The molecule has 0 aliphatic carbocycles. The monoisotopic (exact) mass is 288 g/mol. The third-order valence-corrected chi connectivity index (χ3v) is 4.53. The van der Waals surface area contributed by atoms with E-state index < -0.39 is 11.6 Å². The van der Waals surface area contributed by atoms with Crippen LogP contribution in [-0.2, 0) is 22.6 Å². The Hall–Kier alpha value is -1.84. The number of carbonyl (C=O) groups excluding carboxylic acids is 2. The van der Waals surface area contributed by atoms with Gasteiger partial charge in [0.15, 0.2) is 0 Å². The molecule has 2 rings (SSSR count). The molecule has 1 heterocycles. The van der Waals surface area contributed by atoms with Crippen LogP contribution in [0.5, 0.6) is 0 Å². The van der Waals surface area contributed by atoms with Crippen LogP contribution in [0, 0.1) is 0 Å². The van der Waals surface area contributed by atoms with Crippen LogP contribution in [0.2, 0.25) is 0 Å². The first-order valence-electron chi connectivity index (χ1n) is 7.62. The first-order chi connectivity index (χ1) is 9.92. The zero-order valence-corrected chi connectivity index (χ0v) is 13.3. The number of piperazine rings is 1. The predicted octanol–water partition coefficient (Wildman–Crippen LogP) is 2.26. The molecule has 4 heteroatoms. The molecule has 0 bridgehead atoms. The van der Waals surface area contributed by atoms with Gasteiger partial charge < -0.3 is 10.2 Å². The molecule has 2 atom stereocenters. The Labute approximate surface area is 126 Å². The van der Waals surface area contributed by atoms with Gasteiger partial charge in [0.25, 0.3) is 0 Å². The fraction of sp³-hybridized carbons (Fsp3) is 0.529.